The average molecular weight is 412 g/mol. The van der Waals surface area contributed by atoms with Gasteiger partial charge in [0.1, 0.15) is 5.69 Å². The van der Waals surface area contributed by atoms with Gasteiger partial charge in [-0.05, 0) is 38.8 Å². The number of aromatic nitrogens is 1. The summed E-state index contributed by atoms with van der Waals surface area (Å²) in [7, 11) is 0. The maximum atomic E-state index is 12.3. The number of hydrogen-bond donors (Lipinski definition) is 3. The van der Waals surface area contributed by atoms with Gasteiger partial charge in [-0.15, -0.1) is 0 Å². The third kappa shape index (κ3) is 5.01. The minimum Gasteiger partial charge on any atom is -0.390 e. The first-order valence-corrected chi connectivity index (χ1v) is 10.0. The molecule has 8 nitrogen and oxygen atoms in total. The van der Waals surface area contributed by atoms with E-state index in [0.717, 1.165) is 22.2 Å². The molecular weight excluding hydrogens is 384 g/mol. The summed E-state index contributed by atoms with van der Waals surface area (Å²) in [5.74, 6) is -0.497. The molecule has 1 aromatic carbocycles. The number of para-hydroxylation sites is 1. The summed E-state index contributed by atoms with van der Waals surface area (Å²) in [6, 6.07) is 7.66. The summed E-state index contributed by atoms with van der Waals surface area (Å²) in [5.41, 5.74) is 2.10. The highest BCUT2D eigenvalue weighted by molar-refractivity contribution is 6.08. The molecule has 2 aromatic rings. The molecule has 2 heterocycles. The number of ether oxygens (including phenoxy) is 1. The lowest BCUT2D eigenvalue weighted by Gasteiger charge is -2.24. The maximum Gasteiger partial charge on any atom is 0.244 e. The Balaban J connectivity index is 2.08. The van der Waals surface area contributed by atoms with Crippen LogP contribution in [0.1, 0.15) is 45.6 Å². The lowest BCUT2D eigenvalue weighted by Crippen LogP contribution is -2.31. The molecule has 0 radical (unpaired) electrons. The van der Waals surface area contributed by atoms with Crippen LogP contribution in [0, 0.1) is 0 Å². The average Bonchev–Trinajstić information content (AvgIpc) is 3.02. The zero-order valence-electron chi connectivity index (χ0n) is 17.8. The topological polar surface area (TPSA) is 113 Å². The van der Waals surface area contributed by atoms with Crippen LogP contribution in [-0.2, 0) is 14.3 Å². The van der Waals surface area contributed by atoms with Crippen LogP contribution >= 0.6 is 0 Å². The minimum absolute atomic E-state index is 0.152. The largest absolute Gasteiger partial charge is 0.390 e. The highest BCUT2D eigenvalue weighted by Gasteiger charge is 2.35. The molecule has 160 valence electrons. The van der Waals surface area contributed by atoms with Gasteiger partial charge in [-0.1, -0.05) is 18.2 Å². The number of carbonyl (C=O) groups excluding carboxylic acids is 2. The third-order valence-electron chi connectivity index (χ3n) is 4.83. The Labute approximate surface area is 175 Å². The Morgan fingerprint density at radius 1 is 1.27 bits per heavy atom. The second-order valence-electron chi connectivity index (χ2n) is 8.01. The maximum absolute atomic E-state index is 12.3. The fraction of sp³-hybridized carbons (Fsp3) is 0.455. The number of hydrogen-bond acceptors (Lipinski definition) is 6. The van der Waals surface area contributed by atoms with Crippen molar-refractivity contribution in [2.24, 2.45) is 4.99 Å². The standard InChI is InChI=1S/C22H28N4O4/c1-5-30-12-17-15(10-22(3,4)29)19-14-8-6-7-9-16(14)25-21(20(19)24-17)26-18(28)11-23-13(2)27/h6-9,15,29H,5,10-12H2,1-4H3,(H,23,27)(H,25,26,28). The monoisotopic (exact) mass is 412 g/mol. The number of aliphatic imine (C=N–C) groups is 1. The van der Waals surface area contributed by atoms with Gasteiger partial charge in [0.2, 0.25) is 11.8 Å². The molecule has 0 saturated carbocycles. The Hall–Kier alpha value is -2.84. The van der Waals surface area contributed by atoms with Gasteiger partial charge in [-0.3, -0.25) is 14.6 Å². The zero-order valence-corrected chi connectivity index (χ0v) is 17.8. The van der Waals surface area contributed by atoms with Gasteiger partial charge in [0.05, 0.1) is 30.0 Å². The Morgan fingerprint density at radius 3 is 2.67 bits per heavy atom. The molecule has 0 bridgehead atoms. The van der Waals surface area contributed by atoms with Crippen LogP contribution in [0.4, 0.5) is 11.5 Å². The molecular formula is C22H28N4O4. The molecule has 0 spiro atoms. The number of carbonyl (C=O) groups is 2. The van der Waals surface area contributed by atoms with Crippen molar-refractivity contribution in [3.05, 3.63) is 29.8 Å². The first kappa shape index (κ1) is 21.9. The summed E-state index contributed by atoms with van der Waals surface area (Å²) < 4.78 is 5.62. The van der Waals surface area contributed by atoms with E-state index >= 15 is 0 Å². The molecule has 3 rings (SSSR count). The summed E-state index contributed by atoms with van der Waals surface area (Å²) in [6.45, 7) is 7.53. The minimum atomic E-state index is -0.918. The van der Waals surface area contributed by atoms with E-state index in [9.17, 15) is 14.7 Å². The van der Waals surface area contributed by atoms with Crippen molar-refractivity contribution in [1.82, 2.24) is 10.3 Å². The number of nitrogens with zero attached hydrogens (tertiary/aromatic N) is 2. The summed E-state index contributed by atoms with van der Waals surface area (Å²) >= 11 is 0. The van der Waals surface area contributed by atoms with Gasteiger partial charge in [-0.2, -0.15) is 0 Å². The second-order valence-corrected chi connectivity index (χ2v) is 8.01. The molecule has 1 aromatic heterocycles. The van der Waals surface area contributed by atoms with E-state index in [1.165, 1.54) is 6.92 Å². The number of fused-ring (bicyclic) bond motifs is 3. The van der Waals surface area contributed by atoms with Gasteiger partial charge in [0, 0.05) is 24.8 Å². The predicted molar refractivity (Wildman–Crippen MR) is 116 cm³/mol. The van der Waals surface area contributed by atoms with Crippen LogP contribution < -0.4 is 10.6 Å². The fourth-order valence-electron chi connectivity index (χ4n) is 3.61. The molecule has 2 amide bonds. The smallest absolute Gasteiger partial charge is 0.244 e. The first-order valence-electron chi connectivity index (χ1n) is 10.0. The third-order valence-corrected chi connectivity index (χ3v) is 4.83. The van der Waals surface area contributed by atoms with E-state index in [1.54, 1.807) is 13.8 Å². The number of aliphatic hydroxyl groups is 1. The molecule has 1 aliphatic heterocycles. The fourth-order valence-corrected chi connectivity index (χ4v) is 3.61. The number of anilines is 1. The van der Waals surface area contributed by atoms with Crippen molar-refractivity contribution >= 4 is 39.9 Å². The SMILES string of the molecule is CCOCC1=Nc2c(NC(=O)CNC(C)=O)nc3ccccc3c2C1CC(C)(C)O. The Kier molecular flexibility index (Phi) is 6.48. The van der Waals surface area contributed by atoms with Gasteiger partial charge < -0.3 is 20.5 Å². The Bertz CT molecular complexity index is 995. The van der Waals surface area contributed by atoms with E-state index in [0.29, 0.717) is 31.1 Å². The second kappa shape index (κ2) is 8.89. The van der Waals surface area contributed by atoms with Crippen molar-refractivity contribution in [3.63, 3.8) is 0 Å². The quantitative estimate of drug-likeness (QED) is 0.617. The van der Waals surface area contributed by atoms with Crippen LogP contribution in [0.25, 0.3) is 10.9 Å². The summed E-state index contributed by atoms with van der Waals surface area (Å²) in [4.78, 5) is 32.8. The predicted octanol–water partition coefficient (Wildman–Crippen LogP) is 2.68. The number of pyridine rings is 1. The van der Waals surface area contributed by atoms with Gasteiger partial charge >= 0.3 is 0 Å². The van der Waals surface area contributed by atoms with E-state index in [2.05, 4.69) is 15.6 Å². The van der Waals surface area contributed by atoms with E-state index in [-0.39, 0.29) is 24.3 Å². The first-order chi connectivity index (χ1) is 14.2. The van der Waals surface area contributed by atoms with Crippen molar-refractivity contribution in [2.45, 2.75) is 45.6 Å². The molecule has 1 unspecified atom stereocenters. The molecule has 0 fully saturated rings. The van der Waals surface area contributed by atoms with Crippen LogP contribution in [0.15, 0.2) is 29.3 Å². The van der Waals surface area contributed by atoms with E-state index in [1.807, 2.05) is 31.2 Å². The Morgan fingerprint density at radius 2 is 2.00 bits per heavy atom. The highest BCUT2D eigenvalue weighted by atomic mass is 16.5. The van der Waals surface area contributed by atoms with Crippen molar-refractivity contribution in [3.8, 4) is 0 Å². The molecule has 0 saturated heterocycles. The molecule has 1 aliphatic rings. The molecule has 30 heavy (non-hydrogen) atoms. The van der Waals surface area contributed by atoms with Crippen molar-refractivity contribution in [1.29, 1.82) is 0 Å². The normalized spacial score (nSPS) is 15.6. The van der Waals surface area contributed by atoms with Crippen LogP contribution in [0.5, 0.6) is 0 Å². The number of nitrogens with one attached hydrogen (secondary N) is 2. The van der Waals surface area contributed by atoms with Crippen LogP contribution in [-0.4, -0.2) is 53.0 Å². The van der Waals surface area contributed by atoms with Crippen molar-refractivity contribution in [2.75, 3.05) is 25.1 Å². The zero-order chi connectivity index (χ0) is 21.9. The number of rotatable bonds is 8. The lowest BCUT2D eigenvalue weighted by molar-refractivity contribution is -0.122. The molecule has 0 aliphatic carbocycles. The van der Waals surface area contributed by atoms with E-state index in [4.69, 9.17) is 9.73 Å². The van der Waals surface area contributed by atoms with Gasteiger partial charge in [0.15, 0.2) is 5.82 Å². The van der Waals surface area contributed by atoms with Crippen molar-refractivity contribution < 1.29 is 19.4 Å². The van der Waals surface area contributed by atoms with Crippen LogP contribution in [0.2, 0.25) is 0 Å². The number of benzene rings is 1. The molecule has 1 atom stereocenters. The lowest BCUT2D eigenvalue weighted by atomic mass is 9.84. The molecule has 8 heteroatoms. The van der Waals surface area contributed by atoms with Gasteiger partial charge in [-0.25, -0.2) is 4.98 Å². The summed E-state index contributed by atoms with van der Waals surface area (Å²) in [6.07, 6.45) is 0.458. The van der Waals surface area contributed by atoms with Crippen LogP contribution in [0.3, 0.4) is 0 Å². The van der Waals surface area contributed by atoms with E-state index < -0.39 is 5.60 Å². The van der Waals surface area contributed by atoms with Gasteiger partial charge in [0.25, 0.3) is 0 Å². The molecule has 3 N–H and O–H groups in total. The number of amides is 2. The summed E-state index contributed by atoms with van der Waals surface area (Å²) in [5, 5.41) is 16.7. The highest BCUT2D eigenvalue weighted by Crippen LogP contribution is 2.46.